The molecule has 5 rings (SSSR count). The second kappa shape index (κ2) is 13.0. The van der Waals surface area contributed by atoms with Crippen LogP contribution in [-0.2, 0) is 16.1 Å². The molecule has 216 valence electrons. The van der Waals surface area contributed by atoms with E-state index < -0.39 is 6.04 Å². The fraction of sp³-hybridized carbons (Fsp3) is 0.433. The van der Waals surface area contributed by atoms with Crippen molar-refractivity contribution in [1.82, 2.24) is 29.9 Å². The SMILES string of the molecule is COCCCn1c(C2CCCN(C(=O)CC(N)CNC(=O)c3cccc(-c4noc(C)n4)c3)C2)nc2ccccc21. The molecule has 2 amide bonds. The van der Waals surface area contributed by atoms with Crippen LogP contribution < -0.4 is 11.1 Å². The van der Waals surface area contributed by atoms with E-state index >= 15 is 0 Å². The number of imidazole rings is 1. The minimum absolute atomic E-state index is 0.00651. The number of ether oxygens (including phenoxy) is 1. The van der Waals surface area contributed by atoms with E-state index in [4.69, 9.17) is 20.0 Å². The third-order valence-electron chi connectivity index (χ3n) is 7.43. The van der Waals surface area contributed by atoms with E-state index in [1.807, 2.05) is 29.2 Å². The molecule has 2 unspecified atom stereocenters. The number of rotatable bonds is 11. The molecule has 41 heavy (non-hydrogen) atoms. The fourth-order valence-electron chi connectivity index (χ4n) is 5.39. The Morgan fingerprint density at radius 1 is 1.20 bits per heavy atom. The smallest absolute Gasteiger partial charge is 0.251 e. The highest BCUT2D eigenvalue weighted by Crippen LogP contribution is 2.30. The number of nitrogens with two attached hydrogens (primary N) is 1. The van der Waals surface area contributed by atoms with Crippen LogP contribution in [0.4, 0.5) is 0 Å². The predicted molar refractivity (Wildman–Crippen MR) is 154 cm³/mol. The summed E-state index contributed by atoms with van der Waals surface area (Å²) in [5.41, 5.74) is 9.51. The summed E-state index contributed by atoms with van der Waals surface area (Å²) >= 11 is 0. The van der Waals surface area contributed by atoms with Gasteiger partial charge in [-0.2, -0.15) is 4.98 Å². The molecule has 2 aromatic heterocycles. The second-order valence-corrected chi connectivity index (χ2v) is 10.5. The first-order valence-electron chi connectivity index (χ1n) is 14.1. The number of para-hydroxylation sites is 2. The van der Waals surface area contributed by atoms with Gasteiger partial charge in [-0.05, 0) is 43.5 Å². The number of likely N-dealkylation sites (tertiary alicyclic amines) is 1. The molecule has 11 nitrogen and oxygen atoms in total. The standard InChI is InChI=1S/C30H37N7O4/c1-20-33-28(35-41-20)21-8-5-9-22(16-21)30(39)32-18-24(31)17-27(38)36-13-6-10-23(19-36)29-34-25-11-3-4-12-26(25)37(29)14-7-15-40-2/h3-5,8-9,11-12,16,23-24H,6-7,10,13-15,17-19,31H2,1-2H3,(H,32,39). The maximum absolute atomic E-state index is 13.2. The third-order valence-corrected chi connectivity index (χ3v) is 7.43. The summed E-state index contributed by atoms with van der Waals surface area (Å²) in [5, 5.41) is 6.75. The van der Waals surface area contributed by atoms with Crippen molar-refractivity contribution < 1.29 is 18.8 Å². The van der Waals surface area contributed by atoms with E-state index in [1.54, 1.807) is 32.2 Å². The molecule has 0 aliphatic carbocycles. The molecule has 2 atom stereocenters. The zero-order valence-corrected chi connectivity index (χ0v) is 23.6. The van der Waals surface area contributed by atoms with Crippen molar-refractivity contribution in [2.45, 2.75) is 51.1 Å². The van der Waals surface area contributed by atoms with E-state index in [0.717, 1.165) is 42.7 Å². The number of carbonyl (C=O) groups is 2. The van der Waals surface area contributed by atoms with Gasteiger partial charge in [0.25, 0.3) is 5.91 Å². The van der Waals surface area contributed by atoms with Gasteiger partial charge < -0.3 is 29.8 Å². The van der Waals surface area contributed by atoms with Gasteiger partial charge in [-0.25, -0.2) is 4.98 Å². The molecule has 0 spiro atoms. The van der Waals surface area contributed by atoms with Crippen molar-refractivity contribution in [1.29, 1.82) is 0 Å². The van der Waals surface area contributed by atoms with Crippen LogP contribution in [0.5, 0.6) is 0 Å². The Hall–Kier alpha value is -4.09. The Bertz CT molecular complexity index is 1500. The third kappa shape index (κ3) is 6.80. The molecular formula is C30H37N7O4. The number of methoxy groups -OCH3 is 1. The highest BCUT2D eigenvalue weighted by molar-refractivity contribution is 5.95. The van der Waals surface area contributed by atoms with Crippen LogP contribution in [-0.4, -0.2) is 75.8 Å². The van der Waals surface area contributed by atoms with Gasteiger partial charge in [0.05, 0.1) is 11.0 Å². The lowest BCUT2D eigenvalue weighted by atomic mass is 9.96. The average molecular weight is 560 g/mol. The van der Waals surface area contributed by atoms with Crippen LogP contribution in [0.15, 0.2) is 53.1 Å². The Morgan fingerprint density at radius 2 is 2.05 bits per heavy atom. The number of amides is 2. The molecule has 11 heteroatoms. The minimum Gasteiger partial charge on any atom is -0.385 e. The van der Waals surface area contributed by atoms with Gasteiger partial charge in [0.2, 0.25) is 17.6 Å². The van der Waals surface area contributed by atoms with Crippen molar-refractivity contribution in [2.24, 2.45) is 5.73 Å². The molecule has 2 aromatic carbocycles. The molecule has 1 fully saturated rings. The van der Waals surface area contributed by atoms with Crippen LogP contribution in [0.25, 0.3) is 22.4 Å². The Balaban J connectivity index is 1.17. The maximum Gasteiger partial charge on any atom is 0.251 e. The first-order valence-corrected chi connectivity index (χ1v) is 14.1. The van der Waals surface area contributed by atoms with Crippen LogP contribution in [0.3, 0.4) is 0 Å². The molecule has 3 heterocycles. The summed E-state index contributed by atoms with van der Waals surface area (Å²) in [6.07, 6.45) is 2.92. The van der Waals surface area contributed by atoms with Gasteiger partial charge in [0.15, 0.2) is 0 Å². The molecule has 3 N–H and O–H groups in total. The number of fused-ring (bicyclic) bond motifs is 1. The molecule has 0 radical (unpaired) electrons. The fourth-order valence-corrected chi connectivity index (χ4v) is 5.39. The van der Waals surface area contributed by atoms with Gasteiger partial charge in [-0.15, -0.1) is 0 Å². The van der Waals surface area contributed by atoms with Crippen LogP contribution >= 0.6 is 0 Å². The lowest BCUT2D eigenvalue weighted by molar-refractivity contribution is -0.132. The summed E-state index contributed by atoms with van der Waals surface area (Å²) in [6, 6.07) is 14.6. The zero-order chi connectivity index (χ0) is 28.8. The van der Waals surface area contributed by atoms with Gasteiger partial charge in [-0.1, -0.05) is 29.4 Å². The number of aryl methyl sites for hydroxylation is 2. The predicted octanol–water partition coefficient (Wildman–Crippen LogP) is 3.28. The van der Waals surface area contributed by atoms with E-state index in [9.17, 15) is 9.59 Å². The lowest BCUT2D eigenvalue weighted by Gasteiger charge is -2.33. The highest BCUT2D eigenvalue weighted by Gasteiger charge is 2.29. The van der Waals surface area contributed by atoms with Crippen LogP contribution in [0.1, 0.15) is 53.7 Å². The Kier molecular flexibility index (Phi) is 9.05. The first-order chi connectivity index (χ1) is 19.9. The summed E-state index contributed by atoms with van der Waals surface area (Å²) in [6.45, 7) is 4.69. The van der Waals surface area contributed by atoms with Crippen molar-refractivity contribution in [3.63, 3.8) is 0 Å². The molecule has 0 bridgehead atoms. The molecule has 0 saturated carbocycles. The molecule has 4 aromatic rings. The summed E-state index contributed by atoms with van der Waals surface area (Å²) in [4.78, 5) is 37.1. The monoisotopic (exact) mass is 559 g/mol. The van der Waals surface area contributed by atoms with Crippen molar-refractivity contribution in [2.75, 3.05) is 33.4 Å². The summed E-state index contributed by atoms with van der Waals surface area (Å²) in [5.74, 6) is 1.76. The summed E-state index contributed by atoms with van der Waals surface area (Å²) in [7, 11) is 1.71. The normalized spacial score (nSPS) is 16.2. The van der Waals surface area contributed by atoms with E-state index in [0.29, 0.717) is 42.5 Å². The molecule has 1 aliphatic rings. The zero-order valence-electron chi connectivity index (χ0n) is 23.6. The number of carbonyl (C=O) groups excluding carboxylic acids is 2. The van der Waals surface area contributed by atoms with E-state index in [1.165, 1.54) is 0 Å². The van der Waals surface area contributed by atoms with Crippen molar-refractivity contribution in [3.05, 3.63) is 65.8 Å². The number of benzene rings is 2. The number of aromatic nitrogens is 4. The van der Waals surface area contributed by atoms with Crippen molar-refractivity contribution >= 4 is 22.8 Å². The quantitative estimate of drug-likeness (QED) is 0.267. The minimum atomic E-state index is -0.506. The number of nitrogens with one attached hydrogen (secondary N) is 1. The Labute approximate surface area is 239 Å². The van der Waals surface area contributed by atoms with E-state index in [2.05, 4.69) is 26.1 Å². The van der Waals surface area contributed by atoms with Crippen molar-refractivity contribution in [3.8, 4) is 11.4 Å². The number of nitrogens with zero attached hydrogens (tertiary/aromatic N) is 5. The topological polar surface area (TPSA) is 141 Å². The van der Waals surface area contributed by atoms with Crippen LogP contribution in [0.2, 0.25) is 0 Å². The maximum atomic E-state index is 13.2. The number of hydrogen-bond donors (Lipinski definition) is 2. The summed E-state index contributed by atoms with van der Waals surface area (Å²) < 4.78 is 12.6. The Morgan fingerprint density at radius 3 is 2.85 bits per heavy atom. The molecule has 1 saturated heterocycles. The van der Waals surface area contributed by atoms with E-state index in [-0.39, 0.29) is 30.7 Å². The second-order valence-electron chi connectivity index (χ2n) is 10.5. The molecule has 1 aliphatic heterocycles. The average Bonchev–Trinajstić information content (AvgIpc) is 3.60. The highest BCUT2D eigenvalue weighted by atomic mass is 16.5. The lowest BCUT2D eigenvalue weighted by Crippen LogP contribution is -2.45. The number of piperidine rings is 1. The van der Waals surface area contributed by atoms with Gasteiger partial charge in [0.1, 0.15) is 5.82 Å². The largest absolute Gasteiger partial charge is 0.385 e. The number of hydrogen-bond acceptors (Lipinski definition) is 8. The van der Waals surface area contributed by atoms with Crippen LogP contribution in [0, 0.1) is 6.92 Å². The van der Waals surface area contributed by atoms with Gasteiger partial charge in [0, 0.05) is 76.3 Å². The first kappa shape index (κ1) is 28.4. The van der Waals surface area contributed by atoms with Gasteiger partial charge in [-0.3, -0.25) is 9.59 Å². The molecular weight excluding hydrogens is 522 g/mol. The van der Waals surface area contributed by atoms with Gasteiger partial charge >= 0.3 is 0 Å².